The molecule has 192 valence electrons. The summed E-state index contributed by atoms with van der Waals surface area (Å²) in [5.74, 6) is 1.18. The van der Waals surface area contributed by atoms with Crippen LogP contribution in [0.25, 0.3) is 6.08 Å². The van der Waals surface area contributed by atoms with Crippen LogP contribution in [-0.2, 0) is 11.4 Å². The van der Waals surface area contributed by atoms with Crippen LogP contribution in [0, 0.1) is 5.92 Å². The van der Waals surface area contributed by atoms with Crippen LogP contribution in [0.15, 0.2) is 77.7 Å². The fraction of sp³-hybridized carbons (Fsp3) is 0.300. The number of nitrogens with one attached hydrogen (secondary N) is 1. The zero-order valence-electron chi connectivity index (χ0n) is 20.7. The minimum absolute atomic E-state index is 0.0537. The number of thioether (sulfide) groups is 1. The Hall–Kier alpha value is -2.60. The molecule has 1 aliphatic heterocycles. The maximum absolute atomic E-state index is 13.9. The van der Waals surface area contributed by atoms with E-state index in [9.17, 15) is 4.79 Å². The molecule has 0 radical (unpaired) electrons. The highest BCUT2D eigenvalue weighted by Crippen LogP contribution is 2.43. The number of halogens is 2. The van der Waals surface area contributed by atoms with Gasteiger partial charge >= 0.3 is 0 Å². The SMILES string of the molecule is C[C@@H]1CCCC[C@H]1N1C(=O)/C(=C/c2cc(Cl)ccc2OCc2cccc(Cl)c2)SC1Nc1ccccc1. The van der Waals surface area contributed by atoms with Gasteiger partial charge in [0.05, 0.1) is 4.91 Å². The van der Waals surface area contributed by atoms with Gasteiger partial charge in [-0.15, -0.1) is 0 Å². The molecule has 1 amide bonds. The molecule has 3 aromatic carbocycles. The predicted octanol–water partition coefficient (Wildman–Crippen LogP) is 8.46. The van der Waals surface area contributed by atoms with Crippen molar-refractivity contribution >= 4 is 52.6 Å². The maximum Gasteiger partial charge on any atom is 0.262 e. The first kappa shape index (κ1) is 26.0. The van der Waals surface area contributed by atoms with Gasteiger partial charge in [-0.3, -0.25) is 4.79 Å². The number of nitrogens with zero attached hydrogens (tertiary/aromatic N) is 1. The molecular weight excluding hydrogens is 523 g/mol. The van der Waals surface area contributed by atoms with Crippen LogP contribution in [-0.4, -0.2) is 22.3 Å². The topological polar surface area (TPSA) is 41.6 Å². The molecule has 1 saturated carbocycles. The van der Waals surface area contributed by atoms with Gasteiger partial charge in [-0.25, -0.2) is 0 Å². The van der Waals surface area contributed by atoms with E-state index in [0.717, 1.165) is 36.1 Å². The molecule has 1 N–H and O–H groups in total. The van der Waals surface area contributed by atoms with Crippen LogP contribution in [0.5, 0.6) is 5.75 Å². The van der Waals surface area contributed by atoms with Gasteiger partial charge in [0.15, 0.2) is 5.50 Å². The van der Waals surface area contributed by atoms with Gasteiger partial charge in [0.1, 0.15) is 12.4 Å². The van der Waals surface area contributed by atoms with Crippen LogP contribution >= 0.6 is 35.0 Å². The first-order valence-corrected chi connectivity index (χ1v) is 14.3. The Morgan fingerprint density at radius 3 is 2.57 bits per heavy atom. The number of benzene rings is 3. The average Bonchev–Trinajstić information content (AvgIpc) is 3.18. The molecule has 37 heavy (non-hydrogen) atoms. The molecule has 0 aromatic heterocycles. The summed E-state index contributed by atoms with van der Waals surface area (Å²) in [6.45, 7) is 2.63. The van der Waals surface area contributed by atoms with Crippen molar-refractivity contribution in [2.24, 2.45) is 5.92 Å². The first-order chi connectivity index (χ1) is 18.0. The zero-order chi connectivity index (χ0) is 25.8. The molecule has 1 heterocycles. The van der Waals surface area contributed by atoms with E-state index in [0.29, 0.717) is 33.2 Å². The van der Waals surface area contributed by atoms with Crippen LogP contribution in [0.3, 0.4) is 0 Å². The number of hydrogen-bond acceptors (Lipinski definition) is 4. The largest absolute Gasteiger partial charge is 0.488 e. The molecule has 2 aliphatic rings. The lowest BCUT2D eigenvalue weighted by Crippen LogP contribution is -2.48. The van der Waals surface area contributed by atoms with Crippen molar-refractivity contribution in [3.8, 4) is 5.75 Å². The molecule has 1 saturated heterocycles. The highest BCUT2D eigenvalue weighted by Gasteiger charge is 2.43. The number of para-hydroxylation sites is 1. The fourth-order valence-corrected chi connectivity index (χ4v) is 6.66. The molecule has 3 aromatic rings. The van der Waals surface area contributed by atoms with E-state index in [-0.39, 0.29) is 17.4 Å². The molecule has 4 nitrogen and oxygen atoms in total. The Morgan fingerprint density at radius 2 is 1.78 bits per heavy atom. The van der Waals surface area contributed by atoms with E-state index in [4.69, 9.17) is 27.9 Å². The van der Waals surface area contributed by atoms with Crippen molar-refractivity contribution in [1.29, 1.82) is 0 Å². The van der Waals surface area contributed by atoms with Gasteiger partial charge in [-0.05, 0) is 72.9 Å². The maximum atomic E-state index is 13.9. The number of rotatable bonds is 7. The number of hydrogen-bond donors (Lipinski definition) is 1. The smallest absolute Gasteiger partial charge is 0.262 e. The number of carbonyl (C=O) groups is 1. The average molecular weight is 554 g/mol. The lowest BCUT2D eigenvalue weighted by molar-refractivity contribution is -0.129. The monoisotopic (exact) mass is 552 g/mol. The third-order valence-electron chi connectivity index (χ3n) is 6.97. The summed E-state index contributed by atoms with van der Waals surface area (Å²) in [5, 5.41) is 4.85. The Labute approximate surface area is 233 Å². The number of anilines is 1. The lowest BCUT2D eigenvalue weighted by atomic mass is 9.85. The Bertz CT molecular complexity index is 1280. The van der Waals surface area contributed by atoms with E-state index in [1.807, 2.05) is 72.8 Å². The van der Waals surface area contributed by atoms with Gasteiger partial charge < -0.3 is 15.0 Å². The van der Waals surface area contributed by atoms with Gasteiger partial charge in [-0.1, -0.05) is 85.1 Å². The standard InChI is InChI=1S/C30H30Cl2N2O2S/c1-20-8-5-6-13-26(20)34-29(35)28(37-30(34)33-25-11-3-2-4-12-25)18-22-17-24(32)14-15-27(22)36-19-21-9-7-10-23(31)16-21/h2-4,7,9-12,14-18,20,26,30,33H,5-6,8,13,19H2,1H3/b28-18-/t20-,26-,30?/m1/s1. The first-order valence-electron chi connectivity index (χ1n) is 12.7. The molecule has 1 aliphatic carbocycles. The summed E-state index contributed by atoms with van der Waals surface area (Å²) in [6.07, 6.45) is 6.46. The minimum atomic E-state index is -0.179. The van der Waals surface area contributed by atoms with E-state index in [1.165, 1.54) is 6.42 Å². The van der Waals surface area contributed by atoms with Crippen molar-refractivity contribution in [2.45, 2.75) is 50.8 Å². The highest BCUT2D eigenvalue weighted by atomic mass is 35.5. The van der Waals surface area contributed by atoms with Crippen LogP contribution in [0.1, 0.15) is 43.7 Å². The van der Waals surface area contributed by atoms with E-state index >= 15 is 0 Å². The van der Waals surface area contributed by atoms with Gasteiger partial charge in [0, 0.05) is 27.3 Å². The van der Waals surface area contributed by atoms with E-state index in [1.54, 1.807) is 17.8 Å². The quantitative estimate of drug-likeness (QED) is 0.298. The molecule has 2 fully saturated rings. The van der Waals surface area contributed by atoms with Crippen LogP contribution in [0.4, 0.5) is 5.69 Å². The van der Waals surface area contributed by atoms with Crippen molar-refractivity contribution in [1.82, 2.24) is 4.90 Å². The summed E-state index contributed by atoms with van der Waals surface area (Å²) < 4.78 is 6.15. The summed E-state index contributed by atoms with van der Waals surface area (Å²) in [5.41, 5.74) is 2.57. The zero-order valence-corrected chi connectivity index (χ0v) is 23.0. The third-order valence-corrected chi connectivity index (χ3v) is 8.55. The van der Waals surface area contributed by atoms with Gasteiger partial charge in [0.25, 0.3) is 5.91 Å². The number of ether oxygens (including phenoxy) is 1. The van der Waals surface area contributed by atoms with Gasteiger partial charge in [-0.2, -0.15) is 0 Å². The second-order valence-corrected chi connectivity index (χ2v) is 11.6. The molecule has 3 atom stereocenters. The van der Waals surface area contributed by atoms with Crippen molar-refractivity contribution < 1.29 is 9.53 Å². The predicted molar refractivity (Wildman–Crippen MR) is 155 cm³/mol. The lowest BCUT2D eigenvalue weighted by Gasteiger charge is -2.39. The van der Waals surface area contributed by atoms with Gasteiger partial charge in [0.2, 0.25) is 0 Å². The summed E-state index contributed by atoms with van der Waals surface area (Å²) in [4.78, 5) is 16.6. The third kappa shape index (κ3) is 6.28. The minimum Gasteiger partial charge on any atom is -0.488 e. The normalized spacial score (nSPS) is 22.9. The van der Waals surface area contributed by atoms with E-state index < -0.39 is 0 Å². The van der Waals surface area contributed by atoms with Crippen LogP contribution < -0.4 is 10.1 Å². The summed E-state index contributed by atoms with van der Waals surface area (Å²) in [6, 6.07) is 23.4. The Balaban J connectivity index is 1.43. The van der Waals surface area contributed by atoms with Crippen molar-refractivity contribution in [2.75, 3.05) is 5.32 Å². The van der Waals surface area contributed by atoms with E-state index in [2.05, 4.69) is 17.1 Å². The Kier molecular flexibility index (Phi) is 8.33. The molecule has 0 spiro atoms. The fourth-order valence-electron chi connectivity index (χ4n) is 5.06. The summed E-state index contributed by atoms with van der Waals surface area (Å²) >= 11 is 14.1. The Morgan fingerprint density at radius 1 is 1.00 bits per heavy atom. The van der Waals surface area contributed by atoms with Crippen molar-refractivity contribution in [3.63, 3.8) is 0 Å². The highest BCUT2D eigenvalue weighted by molar-refractivity contribution is 8.05. The second-order valence-electron chi connectivity index (χ2n) is 9.63. The number of amides is 1. The van der Waals surface area contributed by atoms with Crippen LogP contribution in [0.2, 0.25) is 10.0 Å². The molecule has 1 unspecified atom stereocenters. The number of carbonyl (C=O) groups excluding carboxylic acids is 1. The molecule has 7 heteroatoms. The van der Waals surface area contributed by atoms with Crippen molar-refractivity contribution in [3.05, 3.63) is 98.9 Å². The molecular formula is C30H30Cl2N2O2S. The second kappa shape index (κ2) is 11.8. The molecule has 5 rings (SSSR count). The summed E-state index contributed by atoms with van der Waals surface area (Å²) in [7, 11) is 0. The molecule has 0 bridgehead atoms.